The van der Waals surface area contributed by atoms with Crippen LogP contribution in [0.15, 0.2) is 18.2 Å². The quantitative estimate of drug-likeness (QED) is 0.364. The molecule has 0 spiro atoms. The van der Waals surface area contributed by atoms with Crippen LogP contribution in [0.5, 0.6) is 0 Å². The van der Waals surface area contributed by atoms with Gasteiger partial charge in [-0.2, -0.15) is 9.19 Å². The summed E-state index contributed by atoms with van der Waals surface area (Å²) in [6.07, 6.45) is 3.73. The molecule has 2 unspecified atom stereocenters. The summed E-state index contributed by atoms with van der Waals surface area (Å²) in [6, 6.07) is 2.73. The van der Waals surface area contributed by atoms with E-state index in [9.17, 15) is 17.5 Å². The Morgan fingerprint density at radius 3 is 2.67 bits per heavy atom. The molecular weight excluding hydrogens is 539 g/mol. The summed E-state index contributed by atoms with van der Waals surface area (Å²) >= 11 is 0.101. The highest BCUT2D eigenvalue weighted by molar-refractivity contribution is 7.92. The van der Waals surface area contributed by atoms with E-state index in [1.54, 1.807) is 20.0 Å². The number of nitrogens with one attached hydrogen (secondary N) is 1. The van der Waals surface area contributed by atoms with Crippen LogP contribution in [-0.4, -0.2) is 59.4 Å². The van der Waals surface area contributed by atoms with Gasteiger partial charge in [-0.1, -0.05) is 19.4 Å². The van der Waals surface area contributed by atoms with Crippen LogP contribution in [0.3, 0.4) is 0 Å². The zero-order chi connectivity index (χ0) is 28.6. The van der Waals surface area contributed by atoms with E-state index in [1.165, 1.54) is 15.1 Å². The molecule has 1 saturated heterocycles. The highest BCUT2D eigenvalue weighted by Gasteiger charge is 2.44. The molecule has 0 bridgehead atoms. The molecule has 1 saturated carbocycles. The van der Waals surface area contributed by atoms with E-state index in [0.29, 0.717) is 66.5 Å². The molecule has 3 aliphatic rings. The number of rotatable bonds is 10. The summed E-state index contributed by atoms with van der Waals surface area (Å²) in [7, 11) is 1.62. The largest absolute Gasteiger partial charge is 0.379 e. The van der Waals surface area contributed by atoms with Gasteiger partial charge in [-0.3, -0.25) is 9.69 Å². The van der Waals surface area contributed by atoms with Gasteiger partial charge in [0.05, 0.1) is 30.6 Å². The fourth-order valence-electron chi connectivity index (χ4n) is 5.91. The monoisotopic (exact) mass is 577 g/mol. The average Bonchev–Trinajstić information content (AvgIpc) is 3.65. The van der Waals surface area contributed by atoms with Gasteiger partial charge in [0, 0.05) is 42.6 Å². The molecular formula is C29H38F3N5O2S. The number of morpholine rings is 1. The zero-order valence-electron chi connectivity index (χ0n) is 23.6. The van der Waals surface area contributed by atoms with Crippen LogP contribution in [0.4, 0.5) is 24.0 Å². The molecule has 5 rings (SSSR count). The fourth-order valence-corrected chi connectivity index (χ4v) is 6.29. The summed E-state index contributed by atoms with van der Waals surface area (Å²) in [5.74, 6) is 1.02. The summed E-state index contributed by atoms with van der Waals surface area (Å²) in [5, 5.41) is 8.00. The number of nitrogens with zero attached hydrogens (tertiary/aromatic N) is 4. The smallest absolute Gasteiger partial charge is 0.264 e. The number of aromatic nitrogens is 2. The lowest BCUT2D eigenvalue weighted by Crippen LogP contribution is -2.50. The molecule has 2 heterocycles. The van der Waals surface area contributed by atoms with Crippen molar-refractivity contribution in [1.29, 1.82) is 0 Å². The van der Waals surface area contributed by atoms with E-state index in [2.05, 4.69) is 17.3 Å². The molecule has 1 aromatic heterocycles. The fraction of sp³-hybridized carbons (Fsp3) is 0.586. The minimum atomic E-state index is -2.72. The topological polar surface area (TPSA) is 62.6 Å². The van der Waals surface area contributed by atoms with Crippen LogP contribution < -0.4 is 10.2 Å². The van der Waals surface area contributed by atoms with Gasteiger partial charge < -0.3 is 15.0 Å². The first-order chi connectivity index (χ1) is 19.2. The van der Waals surface area contributed by atoms with Crippen molar-refractivity contribution in [3.8, 4) is 0 Å². The van der Waals surface area contributed by atoms with Crippen LogP contribution in [0, 0.1) is 18.8 Å². The molecule has 11 heteroatoms. The Balaban J connectivity index is 1.49. The Hall–Kier alpha value is -2.50. The number of ether oxygens (including phenoxy) is 1. The first-order valence-electron chi connectivity index (χ1n) is 14.1. The van der Waals surface area contributed by atoms with Gasteiger partial charge in [0.2, 0.25) is 5.91 Å². The minimum Gasteiger partial charge on any atom is -0.379 e. The van der Waals surface area contributed by atoms with Crippen LogP contribution in [0.1, 0.15) is 67.6 Å². The van der Waals surface area contributed by atoms with Gasteiger partial charge in [0.1, 0.15) is 5.69 Å². The number of fused-ring (bicyclic) bond motifs is 2. The highest BCUT2D eigenvalue weighted by Crippen LogP contribution is 2.50. The van der Waals surface area contributed by atoms with Crippen LogP contribution in [-0.2, 0) is 22.4 Å². The Morgan fingerprint density at radius 2 is 2.00 bits per heavy atom. The van der Waals surface area contributed by atoms with Crippen LogP contribution in [0.2, 0.25) is 0 Å². The molecule has 2 fully saturated rings. The predicted octanol–water partition coefficient (Wildman–Crippen LogP) is 6.18. The third kappa shape index (κ3) is 5.78. The van der Waals surface area contributed by atoms with Gasteiger partial charge in [-0.05, 0) is 69.1 Å². The van der Waals surface area contributed by atoms with Gasteiger partial charge in [0.15, 0.2) is 12.3 Å². The predicted molar refractivity (Wildman–Crippen MR) is 153 cm³/mol. The van der Waals surface area contributed by atoms with Crippen molar-refractivity contribution < 1.29 is 22.2 Å². The van der Waals surface area contributed by atoms with E-state index < -0.39 is 12.5 Å². The molecule has 0 radical (unpaired) electrons. The number of hydrogen-bond donors (Lipinski definition) is 1. The van der Waals surface area contributed by atoms with Gasteiger partial charge >= 0.3 is 0 Å². The highest BCUT2D eigenvalue weighted by atomic mass is 32.2. The number of alkyl halides is 2. The second kappa shape index (κ2) is 12.2. The number of carbonyl (C=O) groups is 1. The van der Waals surface area contributed by atoms with Crippen LogP contribution in [0.25, 0.3) is 5.70 Å². The third-order valence-electron chi connectivity index (χ3n) is 8.61. The zero-order valence-corrected chi connectivity index (χ0v) is 24.4. The second-order valence-corrected chi connectivity index (χ2v) is 11.6. The number of hydrogen-bond acceptors (Lipinski definition) is 6. The second-order valence-electron chi connectivity index (χ2n) is 11.1. The van der Waals surface area contributed by atoms with E-state index in [4.69, 9.17) is 4.74 Å². The van der Waals surface area contributed by atoms with E-state index in [1.807, 2.05) is 17.9 Å². The van der Waals surface area contributed by atoms with Crippen molar-refractivity contribution in [2.75, 3.05) is 43.6 Å². The van der Waals surface area contributed by atoms with Crippen molar-refractivity contribution in [2.24, 2.45) is 11.8 Å². The summed E-state index contributed by atoms with van der Waals surface area (Å²) in [6.45, 7) is 7.96. The Bertz CT molecular complexity index is 1280. The lowest BCUT2D eigenvalue weighted by molar-refractivity contribution is -0.124. The molecule has 1 aromatic carbocycles. The maximum atomic E-state index is 14.3. The number of likely N-dealkylation sites (N-methyl/N-ethyl adjacent to an activating group) is 1. The van der Waals surface area contributed by atoms with Gasteiger partial charge in [-0.25, -0.2) is 8.78 Å². The minimum absolute atomic E-state index is 0.101. The lowest BCUT2D eigenvalue weighted by atomic mass is 9.94. The SMILES string of the molecule is CCC/C=C(/Nc1cc(N(C)C(=O)C(C)N2CCOCC2)cc(C(F)F)c1C)c1nn(SF)c2c1C[C@@H]1CC1C2. The normalized spacial score (nSPS) is 21.6. The summed E-state index contributed by atoms with van der Waals surface area (Å²) in [4.78, 5) is 16.9. The Labute approximate surface area is 238 Å². The Kier molecular flexibility index (Phi) is 8.82. The molecule has 40 heavy (non-hydrogen) atoms. The Morgan fingerprint density at radius 1 is 1.27 bits per heavy atom. The molecule has 1 amide bonds. The molecule has 1 N–H and O–H groups in total. The van der Waals surface area contributed by atoms with Crippen molar-refractivity contribution in [3.05, 3.63) is 46.3 Å². The third-order valence-corrected chi connectivity index (χ3v) is 9.04. The van der Waals surface area contributed by atoms with Crippen molar-refractivity contribution in [2.45, 2.75) is 65.3 Å². The van der Waals surface area contributed by atoms with Crippen molar-refractivity contribution in [3.63, 3.8) is 0 Å². The molecule has 1 aliphatic heterocycles. The lowest BCUT2D eigenvalue weighted by Gasteiger charge is -2.34. The van der Waals surface area contributed by atoms with E-state index in [0.717, 1.165) is 43.4 Å². The first kappa shape index (κ1) is 29.0. The number of allylic oxidation sites excluding steroid dienone is 1. The van der Waals surface area contributed by atoms with Crippen molar-refractivity contribution >= 4 is 35.3 Å². The first-order valence-corrected chi connectivity index (χ1v) is 14.8. The molecule has 3 atom stereocenters. The number of halogens is 3. The average molecular weight is 578 g/mol. The van der Waals surface area contributed by atoms with Crippen molar-refractivity contribution in [1.82, 2.24) is 14.1 Å². The standard InChI is InChI=1S/C29H38F3N5O2S/c1-5-6-7-24(27-23-13-19-12-20(19)14-26(23)37(34-27)40-32)33-25-16-21(15-22(17(25)2)28(30)31)35(4)29(38)18(3)36-8-10-39-11-9-36/h7,15-16,18-20,28,33H,5-6,8-14H2,1-4H3/b24-7+/t18?,19-,20?/m0/s1. The summed E-state index contributed by atoms with van der Waals surface area (Å²) < 4.78 is 49.2. The number of anilines is 2. The molecule has 7 nitrogen and oxygen atoms in total. The van der Waals surface area contributed by atoms with Crippen LogP contribution >= 0.6 is 12.3 Å². The molecule has 2 aliphatic carbocycles. The summed E-state index contributed by atoms with van der Waals surface area (Å²) in [5.41, 5.74) is 4.43. The van der Waals surface area contributed by atoms with E-state index >= 15 is 0 Å². The maximum Gasteiger partial charge on any atom is 0.264 e. The molecule has 218 valence electrons. The maximum absolute atomic E-state index is 14.3. The number of amides is 1. The number of carbonyl (C=O) groups excluding carboxylic acids is 1. The van der Waals surface area contributed by atoms with E-state index in [-0.39, 0.29) is 23.8 Å². The number of benzene rings is 1. The van der Waals surface area contributed by atoms with Gasteiger partial charge in [-0.15, -0.1) is 3.89 Å². The number of unbranched alkanes of at least 4 members (excludes halogenated alkanes) is 1. The van der Waals surface area contributed by atoms with Gasteiger partial charge in [0.25, 0.3) is 6.43 Å². The molecule has 2 aromatic rings.